The molecule has 0 amide bonds. The Labute approximate surface area is 51.9 Å². The first kappa shape index (κ1) is 7.48. The van der Waals surface area contributed by atoms with Crippen molar-refractivity contribution in [1.29, 1.82) is 0 Å². The second-order valence-electron chi connectivity index (χ2n) is 1.97. The van der Waals surface area contributed by atoms with Crippen LogP contribution in [0, 0.1) is 11.8 Å². The van der Waals surface area contributed by atoms with Gasteiger partial charge in [-0.1, -0.05) is 26.0 Å². The minimum atomic E-state index is 0.479. The summed E-state index contributed by atoms with van der Waals surface area (Å²) >= 11 is 0. The molecule has 1 radical (unpaired) electrons. The Morgan fingerprint density at radius 2 is 2.00 bits per heavy atom. The Bertz CT molecular complexity index is 70.0. The summed E-state index contributed by atoms with van der Waals surface area (Å²) in [6.07, 6.45) is 3.78. The average Bonchev–Trinajstić information content (AvgIpc) is 1.84. The van der Waals surface area contributed by atoms with Crippen LogP contribution in [-0.2, 0) is 0 Å². The van der Waals surface area contributed by atoms with E-state index in [0.717, 1.165) is 0 Å². The Morgan fingerprint density at radius 1 is 1.50 bits per heavy atom. The molecule has 0 heteroatoms. The standard InChI is InChI=1S/C8H13/c1-5-7(3)8(4)6-2/h5-7H,1-2H2,3-4H3. The lowest BCUT2D eigenvalue weighted by Gasteiger charge is -2.08. The van der Waals surface area contributed by atoms with E-state index in [1.54, 1.807) is 0 Å². The van der Waals surface area contributed by atoms with Crippen LogP contribution in [0.4, 0.5) is 0 Å². The zero-order valence-electron chi connectivity index (χ0n) is 5.65. The highest BCUT2D eigenvalue weighted by Gasteiger charge is 2.02. The van der Waals surface area contributed by atoms with Gasteiger partial charge in [-0.15, -0.1) is 13.2 Å². The molecule has 0 N–H and O–H groups in total. The summed E-state index contributed by atoms with van der Waals surface area (Å²) in [6, 6.07) is 0. The minimum absolute atomic E-state index is 0.479. The molecule has 1 unspecified atom stereocenters. The Balaban J connectivity index is 3.60. The maximum atomic E-state index is 3.66. The minimum Gasteiger partial charge on any atom is -0.103 e. The van der Waals surface area contributed by atoms with Crippen LogP contribution in [0.3, 0.4) is 0 Å². The fraction of sp³-hybridized carbons (Fsp3) is 0.375. The van der Waals surface area contributed by atoms with Crippen molar-refractivity contribution in [3.63, 3.8) is 0 Å². The summed E-state index contributed by atoms with van der Waals surface area (Å²) in [4.78, 5) is 0. The molecular weight excluding hydrogens is 96.1 g/mol. The largest absolute Gasteiger partial charge is 0.103 e. The van der Waals surface area contributed by atoms with Crippen LogP contribution in [-0.4, -0.2) is 0 Å². The van der Waals surface area contributed by atoms with Gasteiger partial charge in [-0.3, -0.25) is 0 Å². The summed E-state index contributed by atoms with van der Waals surface area (Å²) in [5.41, 5.74) is 0. The van der Waals surface area contributed by atoms with Gasteiger partial charge in [-0.2, -0.15) is 0 Å². The van der Waals surface area contributed by atoms with Gasteiger partial charge in [0, 0.05) is 5.92 Å². The van der Waals surface area contributed by atoms with E-state index in [-0.39, 0.29) is 0 Å². The molecule has 0 saturated heterocycles. The molecule has 0 fully saturated rings. The summed E-state index contributed by atoms with van der Waals surface area (Å²) < 4.78 is 0. The molecule has 0 aromatic carbocycles. The smallest absolute Gasteiger partial charge is 0.000444 e. The highest BCUT2D eigenvalue weighted by Crippen LogP contribution is 2.13. The van der Waals surface area contributed by atoms with Crippen molar-refractivity contribution in [3.05, 3.63) is 31.2 Å². The summed E-state index contributed by atoms with van der Waals surface area (Å²) in [6.45, 7) is 11.5. The van der Waals surface area contributed by atoms with Crippen LogP contribution in [0.15, 0.2) is 25.3 Å². The highest BCUT2D eigenvalue weighted by atomic mass is 14.1. The molecule has 0 aliphatic heterocycles. The number of allylic oxidation sites excluding steroid dienone is 2. The van der Waals surface area contributed by atoms with Crippen LogP contribution in [0.2, 0.25) is 0 Å². The molecular formula is C8H13. The van der Waals surface area contributed by atoms with Crippen LogP contribution >= 0.6 is 0 Å². The first-order valence-electron chi connectivity index (χ1n) is 2.80. The van der Waals surface area contributed by atoms with Crippen LogP contribution in [0.1, 0.15) is 13.8 Å². The molecule has 0 rings (SSSR count). The highest BCUT2D eigenvalue weighted by molar-refractivity contribution is 5.10. The molecule has 0 bridgehead atoms. The van der Waals surface area contributed by atoms with Gasteiger partial charge in [0.1, 0.15) is 0 Å². The topological polar surface area (TPSA) is 0 Å². The molecule has 0 aliphatic carbocycles. The number of rotatable bonds is 3. The van der Waals surface area contributed by atoms with Gasteiger partial charge < -0.3 is 0 Å². The lowest BCUT2D eigenvalue weighted by molar-refractivity contribution is 0.785. The monoisotopic (exact) mass is 109 g/mol. The van der Waals surface area contributed by atoms with Gasteiger partial charge in [0.25, 0.3) is 0 Å². The fourth-order valence-corrected chi connectivity index (χ4v) is 0.372. The Hall–Kier alpha value is -0.520. The van der Waals surface area contributed by atoms with Gasteiger partial charge in [0.15, 0.2) is 0 Å². The summed E-state index contributed by atoms with van der Waals surface area (Å²) in [5, 5.41) is 0. The van der Waals surface area contributed by atoms with E-state index in [1.165, 1.54) is 5.92 Å². The van der Waals surface area contributed by atoms with E-state index in [4.69, 9.17) is 0 Å². The van der Waals surface area contributed by atoms with E-state index < -0.39 is 0 Å². The van der Waals surface area contributed by atoms with Crippen molar-refractivity contribution in [1.82, 2.24) is 0 Å². The molecule has 0 heterocycles. The molecule has 0 aliphatic rings. The molecule has 0 aromatic heterocycles. The van der Waals surface area contributed by atoms with Crippen molar-refractivity contribution in [2.75, 3.05) is 0 Å². The molecule has 0 nitrogen and oxygen atoms in total. The second-order valence-corrected chi connectivity index (χ2v) is 1.97. The van der Waals surface area contributed by atoms with Crippen LogP contribution < -0.4 is 0 Å². The third-order valence-corrected chi connectivity index (χ3v) is 1.39. The quantitative estimate of drug-likeness (QED) is 0.489. The predicted molar refractivity (Wildman–Crippen MR) is 38.5 cm³/mol. The SMILES string of the molecule is C=C[C](C)C(C)C=C. The lowest BCUT2D eigenvalue weighted by Crippen LogP contribution is -1.96. The van der Waals surface area contributed by atoms with Gasteiger partial charge in [0.2, 0.25) is 0 Å². The third-order valence-electron chi connectivity index (χ3n) is 1.39. The second kappa shape index (κ2) is 3.48. The Kier molecular flexibility index (Phi) is 3.25. The zero-order chi connectivity index (χ0) is 6.57. The van der Waals surface area contributed by atoms with Gasteiger partial charge in [0.05, 0.1) is 0 Å². The van der Waals surface area contributed by atoms with E-state index in [1.807, 2.05) is 12.2 Å². The first-order chi connectivity index (χ1) is 3.72. The van der Waals surface area contributed by atoms with Crippen molar-refractivity contribution in [2.24, 2.45) is 5.92 Å². The zero-order valence-corrected chi connectivity index (χ0v) is 5.65. The van der Waals surface area contributed by atoms with Crippen molar-refractivity contribution < 1.29 is 0 Å². The van der Waals surface area contributed by atoms with E-state index in [9.17, 15) is 0 Å². The maximum absolute atomic E-state index is 3.66. The van der Waals surface area contributed by atoms with Crippen LogP contribution in [0.5, 0.6) is 0 Å². The number of hydrogen-bond donors (Lipinski definition) is 0. The Morgan fingerprint density at radius 3 is 2.12 bits per heavy atom. The molecule has 8 heavy (non-hydrogen) atoms. The maximum Gasteiger partial charge on any atom is 0.000444 e. The van der Waals surface area contributed by atoms with Crippen molar-refractivity contribution in [3.8, 4) is 0 Å². The van der Waals surface area contributed by atoms with Crippen LogP contribution in [0.25, 0.3) is 0 Å². The molecule has 45 valence electrons. The molecule has 0 spiro atoms. The van der Waals surface area contributed by atoms with E-state index in [0.29, 0.717) is 5.92 Å². The van der Waals surface area contributed by atoms with E-state index in [2.05, 4.69) is 27.0 Å². The molecule has 0 aromatic rings. The summed E-state index contributed by atoms with van der Waals surface area (Å²) in [7, 11) is 0. The van der Waals surface area contributed by atoms with Crippen molar-refractivity contribution in [2.45, 2.75) is 13.8 Å². The predicted octanol–water partition coefficient (Wildman–Crippen LogP) is 2.59. The molecule has 0 saturated carbocycles. The van der Waals surface area contributed by atoms with Gasteiger partial charge >= 0.3 is 0 Å². The van der Waals surface area contributed by atoms with E-state index >= 15 is 0 Å². The molecule has 1 atom stereocenters. The van der Waals surface area contributed by atoms with Crippen molar-refractivity contribution >= 4 is 0 Å². The van der Waals surface area contributed by atoms with Gasteiger partial charge in [-0.05, 0) is 5.92 Å². The first-order valence-corrected chi connectivity index (χ1v) is 2.80. The normalized spacial score (nSPS) is 13.4. The lowest BCUT2D eigenvalue weighted by atomic mass is 9.97. The van der Waals surface area contributed by atoms with Gasteiger partial charge in [-0.25, -0.2) is 0 Å². The summed E-state index contributed by atoms with van der Waals surface area (Å²) in [5.74, 6) is 1.76. The average molecular weight is 109 g/mol. The number of hydrogen-bond acceptors (Lipinski definition) is 0. The third kappa shape index (κ3) is 1.97. The fourth-order valence-electron chi connectivity index (χ4n) is 0.372.